The predicted molar refractivity (Wildman–Crippen MR) is 40.9 cm³/mol. The SMILES string of the molecule is C=C(C(=O)OCC)C1=COCO1. The molecule has 0 aromatic heterocycles. The van der Waals surface area contributed by atoms with E-state index < -0.39 is 5.97 Å². The normalized spacial score (nSPS) is 14.2. The lowest BCUT2D eigenvalue weighted by atomic mass is 10.3. The van der Waals surface area contributed by atoms with Gasteiger partial charge < -0.3 is 14.2 Å². The highest BCUT2D eigenvalue weighted by molar-refractivity contribution is 5.91. The summed E-state index contributed by atoms with van der Waals surface area (Å²) in [5.41, 5.74) is 0.189. The second-order valence-corrected chi connectivity index (χ2v) is 2.11. The number of hydrogen-bond acceptors (Lipinski definition) is 4. The van der Waals surface area contributed by atoms with E-state index >= 15 is 0 Å². The van der Waals surface area contributed by atoms with Gasteiger partial charge in [0.25, 0.3) is 0 Å². The van der Waals surface area contributed by atoms with Crippen LogP contribution in [0.2, 0.25) is 0 Å². The molecule has 12 heavy (non-hydrogen) atoms. The summed E-state index contributed by atoms with van der Waals surface area (Å²) in [4.78, 5) is 11.0. The standard InChI is InChI=1S/C8H10O4/c1-3-11-8(9)6(2)7-4-10-5-12-7/h4H,2-3,5H2,1H3. The molecule has 4 heteroatoms. The van der Waals surface area contributed by atoms with Crippen LogP contribution in [0.15, 0.2) is 24.2 Å². The number of ether oxygens (including phenoxy) is 3. The fraction of sp³-hybridized carbons (Fsp3) is 0.375. The van der Waals surface area contributed by atoms with Crippen molar-refractivity contribution >= 4 is 5.97 Å². The maximum absolute atomic E-state index is 11.0. The van der Waals surface area contributed by atoms with Gasteiger partial charge in [0, 0.05) is 0 Å². The number of carbonyl (C=O) groups is 1. The van der Waals surface area contributed by atoms with Gasteiger partial charge in [0.1, 0.15) is 6.26 Å². The first-order valence-corrected chi connectivity index (χ1v) is 3.56. The number of hydrogen-bond donors (Lipinski definition) is 0. The number of carbonyl (C=O) groups excluding carboxylic acids is 1. The third-order valence-corrected chi connectivity index (χ3v) is 1.29. The van der Waals surface area contributed by atoms with Crippen molar-refractivity contribution in [3.8, 4) is 0 Å². The molecule has 1 aliphatic heterocycles. The third kappa shape index (κ3) is 1.78. The van der Waals surface area contributed by atoms with E-state index in [9.17, 15) is 4.79 Å². The highest BCUT2D eigenvalue weighted by Crippen LogP contribution is 2.15. The Morgan fingerprint density at radius 1 is 1.83 bits per heavy atom. The Bertz CT molecular complexity index is 229. The van der Waals surface area contributed by atoms with E-state index in [4.69, 9.17) is 14.2 Å². The van der Waals surface area contributed by atoms with E-state index in [1.807, 2.05) is 0 Å². The van der Waals surface area contributed by atoms with E-state index in [1.165, 1.54) is 6.26 Å². The van der Waals surface area contributed by atoms with Crippen molar-refractivity contribution < 1.29 is 19.0 Å². The van der Waals surface area contributed by atoms with Gasteiger partial charge in [0.15, 0.2) is 5.76 Å². The highest BCUT2D eigenvalue weighted by atomic mass is 16.7. The Balaban J connectivity index is 2.52. The first-order chi connectivity index (χ1) is 5.75. The fourth-order valence-corrected chi connectivity index (χ4v) is 0.718. The molecule has 0 amide bonds. The Labute approximate surface area is 70.4 Å². The maximum atomic E-state index is 11.0. The van der Waals surface area contributed by atoms with Crippen LogP contribution in [-0.4, -0.2) is 19.4 Å². The largest absolute Gasteiger partial charge is 0.462 e. The van der Waals surface area contributed by atoms with Gasteiger partial charge in [-0.05, 0) is 6.92 Å². The highest BCUT2D eigenvalue weighted by Gasteiger charge is 2.17. The summed E-state index contributed by atoms with van der Waals surface area (Å²) in [7, 11) is 0. The molecule has 0 saturated heterocycles. The minimum absolute atomic E-state index is 0.133. The molecular formula is C8H10O4. The van der Waals surface area contributed by atoms with Gasteiger partial charge >= 0.3 is 5.97 Å². The monoisotopic (exact) mass is 170 g/mol. The van der Waals surface area contributed by atoms with Gasteiger partial charge in [-0.1, -0.05) is 6.58 Å². The van der Waals surface area contributed by atoms with Gasteiger partial charge in [-0.3, -0.25) is 0 Å². The lowest BCUT2D eigenvalue weighted by molar-refractivity contribution is -0.138. The molecule has 4 nitrogen and oxygen atoms in total. The molecule has 0 saturated carbocycles. The summed E-state index contributed by atoms with van der Waals surface area (Å²) in [5, 5.41) is 0. The minimum Gasteiger partial charge on any atom is -0.462 e. The Hall–Kier alpha value is -1.45. The summed E-state index contributed by atoms with van der Waals surface area (Å²) in [6.45, 7) is 5.69. The van der Waals surface area contributed by atoms with Crippen molar-refractivity contribution in [1.29, 1.82) is 0 Å². The molecule has 0 atom stereocenters. The fourth-order valence-electron chi connectivity index (χ4n) is 0.718. The molecule has 0 bridgehead atoms. The molecule has 0 aliphatic carbocycles. The smallest absolute Gasteiger partial charge is 0.341 e. The molecule has 0 aromatic rings. The summed E-state index contributed by atoms with van der Waals surface area (Å²) >= 11 is 0. The summed E-state index contributed by atoms with van der Waals surface area (Å²) in [5.74, 6) is -0.136. The number of rotatable bonds is 3. The van der Waals surface area contributed by atoms with Crippen molar-refractivity contribution in [2.75, 3.05) is 13.4 Å². The van der Waals surface area contributed by atoms with Crippen molar-refractivity contribution in [3.63, 3.8) is 0 Å². The molecule has 0 aromatic carbocycles. The van der Waals surface area contributed by atoms with Gasteiger partial charge in [-0.2, -0.15) is 0 Å². The maximum Gasteiger partial charge on any atom is 0.341 e. The van der Waals surface area contributed by atoms with Crippen LogP contribution in [0, 0.1) is 0 Å². The lowest BCUT2D eigenvalue weighted by Gasteiger charge is -2.03. The van der Waals surface area contributed by atoms with E-state index in [0.717, 1.165) is 0 Å². The second-order valence-electron chi connectivity index (χ2n) is 2.11. The first-order valence-electron chi connectivity index (χ1n) is 3.56. The van der Waals surface area contributed by atoms with Gasteiger partial charge in [-0.15, -0.1) is 0 Å². The van der Waals surface area contributed by atoms with Crippen molar-refractivity contribution in [3.05, 3.63) is 24.2 Å². The average Bonchev–Trinajstić information content (AvgIpc) is 2.55. The zero-order valence-electron chi connectivity index (χ0n) is 6.83. The van der Waals surface area contributed by atoms with E-state index in [1.54, 1.807) is 6.92 Å². The topological polar surface area (TPSA) is 44.8 Å². The lowest BCUT2D eigenvalue weighted by Crippen LogP contribution is -2.08. The van der Waals surface area contributed by atoms with Gasteiger partial charge in [0.2, 0.25) is 6.79 Å². The quantitative estimate of drug-likeness (QED) is 0.467. The molecule has 0 spiro atoms. The summed E-state index contributed by atoms with van der Waals surface area (Å²) in [6.07, 6.45) is 1.35. The van der Waals surface area contributed by atoms with Crippen molar-refractivity contribution in [2.45, 2.75) is 6.92 Å². The van der Waals surface area contributed by atoms with Crippen LogP contribution in [0.1, 0.15) is 6.92 Å². The van der Waals surface area contributed by atoms with E-state index in [2.05, 4.69) is 6.58 Å². The van der Waals surface area contributed by atoms with Gasteiger partial charge in [-0.25, -0.2) is 4.79 Å². The Morgan fingerprint density at radius 2 is 2.58 bits per heavy atom. The average molecular weight is 170 g/mol. The zero-order valence-corrected chi connectivity index (χ0v) is 6.83. The second kappa shape index (κ2) is 3.80. The van der Waals surface area contributed by atoms with Crippen molar-refractivity contribution in [1.82, 2.24) is 0 Å². The molecule has 0 fully saturated rings. The molecule has 1 aliphatic rings. The van der Waals surface area contributed by atoms with Crippen LogP contribution >= 0.6 is 0 Å². The van der Waals surface area contributed by atoms with Crippen molar-refractivity contribution in [2.24, 2.45) is 0 Å². The molecule has 0 radical (unpaired) electrons. The van der Waals surface area contributed by atoms with Crippen LogP contribution in [0.4, 0.5) is 0 Å². The predicted octanol–water partition coefficient (Wildman–Crippen LogP) is 0.951. The molecule has 66 valence electrons. The van der Waals surface area contributed by atoms with Crippen LogP contribution in [0.5, 0.6) is 0 Å². The Morgan fingerprint density at radius 3 is 3.08 bits per heavy atom. The molecule has 0 N–H and O–H groups in total. The van der Waals surface area contributed by atoms with Crippen LogP contribution < -0.4 is 0 Å². The minimum atomic E-state index is -0.478. The van der Waals surface area contributed by atoms with E-state index in [0.29, 0.717) is 12.4 Å². The molecular weight excluding hydrogens is 160 g/mol. The summed E-state index contributed by atoms with van der Waals surface area (Å²) in [6, 6.07) is 0. The van der Waals surface area contributed by atoms with Crippen LogP contribution in [0.3, 0.4) is 0 Å². The molecule has 1 rings (SSSR count). The Kier molecular flexibility index (Phi) is 2.74. The molecule has 1 heterocycles. The summed E-state index contributed by atoms with van der Waals surface area (Å²) < 4.78 is 14.4. The van der Waals surface area contributed by atoms with Crippen LogP contribution in [-0.2, 0) is 19.0 Å². The van der Waals surface area contributed by atoms with E-state index in [-0.39, 0.29) is 12.4 Å². The van der Waals surface area contributed by atoms with Gasteiger partial charge in [0.05, 0.1) is 12.2 Å². The third-order valence-electron chi connectivity index (χ3n) is 1.29. The first kappa shape index (κ1) is 8.64. The molecule has 0 unspecified atom stereocenters. The number of esters is 1. The van der Waals surface area contributed by atoms with Crippen LogP contribution in [0.25, 0.3) is 0 Å². The zero-order chi connectivity index (χ0) is 8.97.